The highest BCUT2D eigenvalue weighted by molar-refractivity contribution is 7.97. The molecule has 0 bridgehead atoms. The van der Waals surface area contributed by atoms with Crippen molar-refractivity contribution in [1.29, 1.82) is 0 Å². The highest BCUT2D eigenvalue weighted by Crippen LogP contribution is 2.38. The van der Waals surface area contributed by atoms with Gasteiger partial charge < -0.3 is 14.3 Å². The molecule has 166 valence electrons. The molecule has 1 amide bonds. The van der Waals surface area contributed by atoms with Crippen LogP contribution in [-0.2, 0) is 9.16 Å². The predicted octanol–water partition coefficient (Wildman–Crippen LogP) is 6.01. The zero-order chi connectivity index (χ0) is 22.6. The summed E-state index contributed by atoms with van der Waals surface area (Å²) in [5, 5.41) is 10.1. The van der Waals surface area contributed by atoms with Gasteiger partial charge in [-0.15, -0.1) is 0 Å². The number of aliphatic hydroxyl groups excluding tert-OH is 1. The molecule has 0 aliphatic heterocycles. The number of nitrogens with zero attached hydrogens (tertiary/aromatic N) is 1. The number of rotatable bonds is 7. The molecule has 1 aromatic rings. The van der Waals surface area contributed by atoms with Crippen molar-refractivity contribution in [3.63, 3.8) is 0 Å². The molecule has 0 saturated heterocycles. The lowest BCUT2D eigenvalue weighted by molar-refractivity contribution is 0.0153. The summed E-state index contributed by atoms with van der Waals surface area (Å²) in [4.78, 5) is 13.9. The van der Waals surface area contributed by atoms with E-state index >= 15 is 0 Å². The first-order valence-electron chi connectivity index (χ1n) is 10.1. The maximum Gasteiger partial charge on any atom is 0.421 e. The first-order chi connectivity index (χ1) is 13.1. The Kier molecular flexibility index (Phi) is 8.84. The van der Waals surface area contributed by atoms with Gasteiger partial charge in [-0.05, 0) is 76.8 Å². The Labute approximate surface area is 182 Å². The summed E-state index contributed by atoms with van der Waals surface area (Å²) < 4.78 is 13.7. The third-order valence-corrected chi connectivity index (χ3v) is 10.8. The Morgan fingerprint density at radius 2 is 1.66 bits per heavy atom. The Morgan fingerprint density at radius 1 is 1.14 bits per heavy atom. The monoisotopic (exact) mass is 441 g/mol. The summed E-state index contributed by atoms with van der Waals surface area (Å²) in [6, 6.07) is 7.60. The molecular formula is C22H39NO4SSi. The van der Waals surface area contributed by atoms with E-state index in [-0.39, 0.29) is 17.7 Å². The second kappa shape index (κ2) is 9.86. The molecule has 0 aliphatic carbocycles. The normalized spacial score (nSPS) is 15.0. The van der Waals surface area contributed by atoms with Crippen LogP contribution in [0.4, 0.5) is 4.79 Å². The number of aliphatic hydroxyl groups is 1. The molecule has 2 atom stereocenters. The van der Waals surface area contributed by atoms with Gasteiger partial charge in [-0.2, -0.15) is 0 Å². The molecule has 7 heteroatoms. The van der Waals surface area contributed by atoms with Crippen LogP contribution in [0.2, 0.25) is 18.1 Å². The second-order valence-electron chi connectivity index (χ2n) is 10.1. The molecule has 0 radical (unpaired) electrons. The van der Waals surface area contributed by atoms with Gasteiger partial charge in [0.15, 0.2) is 8.32 Å². The van der Waals surface area contributed by atoms with Crippen LogP contribution in [0.15, 0.2) is 29.2 Å². The van der Waals surface area contributed by atoms with Gasteiger partial charge in [0.1, 0.15) is 5.60 Å². The molecular weight excluding hydrogens is 402 g/mol. The molecule has 0 aromatic heterocycles. The van der Waals surface area contributed by atoms with Crippen molar-refractivity contribution in [1.82, 2.24) is 4.31 Å². The second-order valence-corrected chi connectivity index (χ2v) is 15.9. The average molecular weight is 442 g/mol. The van der Waals surface area contributed by atoms with E-state index in [2.05, 4.69) is 33.9 Å². The molecule has 0 aliphatic rings. The lowest BCUT2D eigenvalue weighted by atomic mass is 10.2. The fraction of sp³-hybridized carbons (Fsp3) is 0.682. The highest BCUT2D eigenvalue weighted by atomic mass is 32.2. The van der Waals surface area contributed by atoms with Gasteiger partial charge in [-0.25, -0.2) is 9.10 Å². The van der Waals surface area contributed by atoms with Crippen molar-refractivity contribution in [2.24, 2.45) is 0 Å². The van der Waals surface area contributed by atoms with Crippen LogP contribution in [0.1, 0.15) is 54.0 Å². The summed E-state index contributed by atoms with van der Waals surface area (Å²) in [7, 11) is -2.13. The zero-order valence-corrected chi connectivity index (χ0v) is 21.5. The molecule has 1 aromatic carbocycles. The van der Waals surface area contributed by atoms with Crippen LogP contribution in [-0.4, -0.2) is 48.2 Å². The van der Waals surface area contributed by atoms with Gasteiger partial charge in [0.05, 0.1) is 18.8 Å². The van der Waals surface area contributed by atoms with Crippen molar-refractivity contribution in [3.8, 4) is 0 Å². The number of aryl methyl sites for hydroxylation is 1. The zero-order valence-electron chi connectivity index (χ0n) is 19.7. The number of hydrogen-bond donors (Lipinski definition) is 1. The highest BCUT2D eigenvalue weighted by Gasteiger charge is 2.42. The van der Waals surface area contributed by atoms with Crippen molar-refractivity contribution < 1.29 is 19.1 Å². The first-order valence-corrected chi connectivity index (χ1v) is 13.8. The number of carbonyl (C=O) groups excluding carboxylic acids is 1. The molecule has 0 heterocycles. The molecule has 1 N–H and O–H groups in total. The van der Waals surface area contributed by atoms with E-state index in [0.717, 1.165) is 10.5 Å². The Hall–Kier alpha value is -1.02. The summed E-state index contributed by atoms with van der Waals surface area (Å²) in [5.41, 5.74) is 0.540. The quantitative estimate of drug-likeness (QED) is 0.415. The van der Waals surface area contributed by atoms with Crippen LogP contribution in [0.3, 0.4) is 0 Å². The van der Waals surface area contributed by atoms with Crippen LogP contribution in [0.25, 0.3) is 0 Å². The predicted molar refractivity (Wildman–Crippen MR) is 124 cm³/mol. The van der Waals surface area contributed by atoms with Crippen molar-refractivity contribution in [2.45, 2.75) is 96.2 Å². The number of hydrogen-bond acceptors (Lipinski definition) is 5. The molecule has 0 fully saturated rings. The lowest BCUT2D eigenvalue weighted by Gasteiger charge is -2.42. The minimum atomic E-state index is -2.13. The molecule has 5 nitrogen and oxygen atoms in total. The molecule has 0 unspecified atom stereocenters. The molecule has 0 spiro atoms. The van der Waals surface area contributed by atoms with Crippen LogP contribution >= 0.6 is 11.9 Å². The fourth-order valence-corrected chi connectivity index (χ4v) is 4.58. The van der Waals surface area contributed by atoms with Crippen LogP contribution < -0.4 is 0 Å². The Morgan fingerprint density at radius 3 is 2.07 bits per heavy atom. The van der Waals surface area contributed by atoms with E-state index in [4.69, 9.17) is 9.16 Å². The largest absolute Gasteiger partial charge is 0.443 e. The molecule has 29 heavy (non-hydrogen) atoms. The number of ether oxygens (including phenoxy) is 1. The van der Waals surface area contributed by atoms with E-state index in [0.29, 0.717) is 0 Å². The summed E-state index contributed by atoms with van der Waals surface area (Å²) >= 11 is 1.31. The van der Waals surface area contributed by atoms with Crippen molar-refractivity contribution >= 4 is 26.4 Å². The van der Waals surface area contributed by atoms with E-state index in [9.17, 15) is 9.90 Å². The minimum absolute atomic E-state index is 0.000980. The topological polar surface area (TPSA) is 59.0 Å². The van der Waals surface area contributed by atoms with Gasteiger partial charge >= 0.3 is 6.09 Å². The minimum Gasteiger partial charge on any atom is -0.443 e. The maximum atomic E-state index is 13.0. The number of amides is 1. The lowest BCUT2D eigenvalue weighted by Crippen LogP contribution is -2.52. The fourth-order valence-electron chi connectivity index (χ4n) is 2.30. The average Bonchev–Trinajstić information content (AvgIpc) is 2.56. The summed E-state index contributed by atoms with van der Waals surface area (Å²) in [6.07, 6.45) is -0.936. The Balaban J connectivity index is 3.16. The third-order valence-electron chi connectivity index (χ3n) is 5.14. The third kappa shape index (κ3) is 7.96. The first kappa shape index (κ1) is 26.0. The van der Waals surface area contributed by atoms with E-state index in [1.165, 1.54) is 11.9 Å². The van der Waals surface area contributed by atoms with Crippen LogP contribution in [0.5, 0.6) is 0 Å². The summed E-state index contributed by atoms with van der Waals surface area (Å²) in [6.45, 7) is 20.1. The van der Waals surface area contributed by atoms with Gasteiger partial charge in [-0.1, -0.05) is 38.5 Å². The van der Waals surface area contributed by atoms with Gasteiger partial charge in [-0.3, -0.25) is 0 Å². The van der Waals surface area contributed by atoms with E-state index in [1.807, 2.05) is 58.9 Å². The smallest absolute Gasteiger partial charge is 0.421 e. The standard InChI is InChI=1S/C22H39NO4SSi/c1-16-11-13-18(14-12-16)28-23(20(25)26-21(3,4)5)17(2)19(15-24)27-29(9,10)22(6,7)8/h11-14,17,19,24H,15H2,1-10H3/t17-,19+/m0/s1. The molecule has 1 rings (SSSR count). The van der Waals surface area contributed by atoms with Crippen molar-refractivity contribution in [2.75, 3.05) is 6.61 Å². The maximum absolute atomic E-state index is 13.0. The van der Waals surface area contributed by atoms with E-state index < -0.39 is 26.1 Å². The van der Waals surface area contributed by atoms with Gasteiger partial charge in [0.25, 0.3) is 0 Å². The number of benzene rings is 1. The molecule has 0 saturated carbocycles. The van der Waals surface area contributed by atoms with Crippen LogP contribution in [0, 0.1) is 6.92 Å². The van der Waals surface area contributed by atoms with Gasteiger partial charge in [0, 0.05) is 4.90 Å². The number of carbonyl (C=O) groups is 1. The van der Waals surface area contributed by atoms with E-state index in [1.54, 1.807) is 4.31 Å². The Bertz CT molecular complexity index is 665. The summed E-state index contributed by atoms with van der Waals surface area (Å²) in [5.74, 6) is 0. The van der Waals surface area contributed by atoms with Gasteiger partial charge in [0.2, 0.25) is 0 Å². The SMILES string of the molecule is Cc1ccc(SN(C(=O)OC(C)(C)C)[C@@H](C)[C@@H](CO)O[Si](C)(C)C(C)(C)C)cc1. The van der Waals surface area contributed by atoms with Crippen molar-refractivity contribution in [3.05, 3.63) is 29.8 Å².